The Morgan fingerprint density at radius 3 is 2.42 bits per heavy atom. The normalized spacial score (nSPS) is 21.7. The van der Waals surface area contributed by atoms with Gasteiger partial charge in [0.05, 0.1) is 63.3 Å². The van der Waals surface area contributed by atoms with Gasteiger partial charge in [0.1, 0.15) is 28.7 Å². The van der Waals surface area contributed by atoms with Gasteiger partial charge in [0.2, 0.25) is 0 Å². The van der Waals surface area contributed by atoms with Crippen molar-refractivity contribution in [3.8, 4) is 28.5 Å². The van der Waals surface area contributed by atoms with Crippen LogP contribution in [0, 0.1) is 31.4 Å². The van der Waals surface area contributed by atoms with Crippen molar-refractivity contribution in [3.63, 3.8) is 0 Å². The number of carbonyl (C=O) groups is 1. The molecule has 16 heteroatoms. The molecule has 3 aromatic carbocycles. The molecule has 334 valence electrons. The Morgan fingerprint density at radius 2 is 1.71 bits per heavy atom. The summed E-state index contributed by atoms with van der Waals surface area (Å²) in [6, 6.07) is 15.0. The molecule has 0 radical (unpaired) electrons. The SMILES string of the molecule is Cc1cc(-n2nc3c(c2-c2cnc(-c4ccc5c(cnn5C)c4F)n2C)[C@H](C)N(C(=O)c2cc4cc([C@H]5CCOC(C)(C)C5)ccc4n2[C@@]2(c4noc(=O)[nH]4)C[C@@H]2C)CC3)cc(C)c1F. The van der Waals surface area contributed by atoms with E-state index in [4.69, 9.17) is 19.3 Å². The lowest BCUT2D eigenvalue weighted by Crippen LogP contribution is -2.41. The van der Waals surface area contributed by atoms with E-state index in [-0.39, 0.29) is 29.2 Å². The highest BCUT2D eigenvalue weighted by Crippen LogP contribution is 2.56. The summed E-state index contributed by atoms with van der Waals surface area (Å²) in [5, 5.41) is 15.0. The molecule has 1 amide bonds. The van der Waals surface area contributed by atoms with Gasteiger partial charge in [-0.15, -0.1) is 0 Å². The van der Waals surface area contributed by atoms with Crippen LogP contribution in [0.5, 0.6) is 0 Å². The molecule has 0 bridgehead atoms. The predicted molar refractivity (Wildman–Crippen MR) is 240 cm³/mol. The van der Waals surface area contributed by atoms with Crippen LogP contribution < -0.4 is 5.76 Å². The quantitative estimate of drug-likeness (QED) is 0.168. The minimum Gasteiger partial charge on any atom is -0.376 e. The van der Waals surface area contributed by atoms with Gasteiger partial charge in [-0.05, 0) is 125 Å². The molecule has 4 atom stereocenters. The summed E-state index contributed by atoms with van der Waals surface area (Å²) in [6.45, 7) is 12.8. The second-order valence-electron chi connectivity index (χ2n) is 19.0. The molecule has 8 aromatic rings. The molecule has 65 heavy (non-hydrogen) atoms. The van der Waals surface area contributed by atoms with Crippen LogP contribution in [-0.4, -0.2) is 73.4 Å². The first kappa shape index (κ1) is 41.1. The molecule has 0 unspecified atom stereocenters. The van der Waals surface area contributed by atoms with Crippen molar-refractivity contribution in [2.75, 3.05) is 13.2 Å². The molecular formula is C49H50F2N10O4. The van der Waals surface area contributed by atoms with Crippen molar-refractivity contribution < 1.29 is 22.8 Å². The number of H-pyrrole nitrogens is 1. The molecular weight excluding hydrogens is 831 g/mol. The summed E-state index contributed by atoms with van der Waals surface area (Å²) in [4.78, 5) is 37.5. The van der Waals surface area contributed by atoms with E-state index >= 15 is 13.6 Å². The number of nitrogens with one attached hydrogen (secondary N) is 1. The molecule has 1 saturated carbocycles. The van der Waals surface area contributed by atoms with Crippen molar-refractivity contribution in [1.29, 1.82) is 0 Å². The van der Waals surface area contributed by atoms with E-state index in [0.717, 1.165) is 35.0 Å². The maximum atomic E-state index is 16.2. The number of hydrogen-bond donors (Lipinski definition) is 1. The number of carbonyl (C=O) groups excluding carboxylic acids is 1. The highest BCUT2D eigenvalue weighted by molar-refractivity contribution is 6.00. The number of amides is 1. The van der Waals surface area contributed by atoms with E-state index in [1.807, 2.05) is 40.3 Å². The average Bonchev–Trinajstić information content (AvgIpc) is 3.90. The van der Waals surface area contributed by atoms with Gasteiger partial charge in [-0.3, -0.25) is 19.0 Å². The summed E-state index contributed by atoms with van der Waals surface area (Å²) in [5.41, 5.74) is 6.90. The lowest BCUT2D eigenvalue weighted by molar-refractivity contribution is -0.0592. The summed E-state index contributed by atoms with van der Waals surface area (Å²) in [7, 11) is 3.61. The van der Waals surface area contributed by atoms with Crippen LogP contribution in [-0.2, 0) is 30.8 Å². The number of halogens is 2. The molecule has 11 rings (SSSR count). The Kier molecular flexibility index (Phi) is 9.10. The Labute approximate surface area is 372 Å². The van der Waals surface area contributed by atoms with E-state index in [1.54, 1.807) is 50.0 Å². The van der Waals surface area contributed by atoms with Crippen LogP contribution in [0.3, 0.4) is 0 Å². The van der Waals surface area contributed by atoms with Gasteiger partial charge in [-0.1, -0.05) is 18.1 Å². The number of hydrogen-bond acceptors (Lipinski definition) is 8. The van der Waals surface area contributed by atoms with Gasteiger partial charge in [-0.2, -0.15) is 10.2 Å². The van der Waals surface area contributed by atoms with Crippen LogP contribution in [0.4, 0.5) is 8.78 Å². The minimum absolute atomic E-state index is 0.0296. The zero-order chi connectivity index (χ0) is 45.4. The third-order valence-electron chi connectivity index (χ3n) is 14.5. The van der Waals surface area contributed by atoms with Gasteiger partial charge in [0, 0.05) is 50.1 Å². The lowest BCUT2D eigenvalue weighted by atomic mass is 9.83. The topological polar surface area (TPSA) is 147 Å². The Bertz CT molecular complexity index is 3310. The van der Waals surface area contributed by atoms with E-state index in [2.05, 4.69) is 58.8 Å². The molecule has 14 nitrogen and oxygen atoms in total. The van der Waals surface area contributed by atoms with Gasteiger partial charge in [-0.25, -0.2) is 23.2 Å². The van der Waals surface area contributed by atoms with Crippen molar-refractivity contribution >= 4 is 27.7 Å². The molecule has 1 N–H and O–H groups in total. The van der Waals surface area contributed by atoms with Gasteiger partial charge < -0.3 is 18.8 Å². The molecule has 2 fully saturated rings. The molecule has 0 spiro atoms. The molecule has 3 aliphatic rings. The minimum atomic E-state index is -0.821. The van der Waals surface area contributed by atoms with Crippen LogP contribution >= 0.6 is 0 Å². The number of imidazole rings is 1. The van der Waals surface area contributed by atoms with Crippen molar-refractivity contribution in [1.82, 2.24) is 48.7 Å². The predicted octanol–water partition coefficient (Wildman–Crippen LogP) is 8.57. The van der Waals surface area contributed by atoms with Crippen LogP contribution in [0.25, 0.3) is 50.3 Å². The van der Waals surface area contributed by atoms with Gasteiger partial charge in [0.25, 0.3) is 5.91 Å². The summed E-state index contributed by atoms with van der Waals surface area (Å²) >= 11 is 0. The van der Waals surface area contributed by atoms with Crippen molar-refractivity contribution in [3.05, 3.63) is 123 Å². The standard InChI is InChI=1S/C49H50F2N10O4/c1-25-17-32(18-26(2)41(25)50)61-43(39-24-52-44(57(39)7)33-10-12-37-34(42(33)51)23-53-58(37)8)40-28(4)59(15-13-35(40)55-61)45(62)38-20-31-19-29(30-14-16-64-48(5,6)22-30)9-11-36(31)60(38)49(21-27(49)3)46-54-47(63)65-56-46/h9-12,17-20,23-24,27-28,30H,13-16,21-22H2,1-8H3,(H,54,56,63)/t27-,28-,30-,49-/m0/s1. The van der Waals surface area contributed by atoms with Crippen molar-refractivity contribution in [2.24, 2.45) is 20.0 Å². The second kappa shape index (κ2) is 14.4. The number of aromatic nitrogens is 9. The second-order valence-corrected chi connectivity index (χ2v) is 19.0. The van der Waals surface area contributed by atoms with E-state index in [0.29, 0.717) is 88.0 Å². The monoisotopic (exact) mass is 880 g/mol. The Hall–Kier alpha value is -6.68. The number of aromatic amines is 1. The Morgan fingerprint density at radius 1 is 0.954 bits per heavy atom. The molecule has 2 aliphatic heterocycles. The fraction of sp³-hybridized carbons (Fsp3) is 0.388. The lowest BCUT2D eigenvalue weighted by Gasteiger charge is -2.35. The van der Waals surface area contributed by atoms with E-state index < -0.39 is 23.2 Å². The number of rotatable bonds is 7. The molecule has 7 heterocycles. The first-order chi connectivity index (χ1) is 31.1. The first-order valence-corrected chi connectivity index (χ1v) is 22.2. The highest BCUT2D eigenvalue weighted by atomic mass is 19.1. The number of ether oxygens (including phenoxy) is 1. The summed E-state index contributed by atoms with van der Waals surface area (Å²) in [5.74, 6) is -0.474. The van der Waals surface area contributed by atoms with Gasteiger partial charge >= 0.3 is 5.76 Å². The summed E-state index contributed by atoms with van der Waals surface area (Å²) < 4.78 is 49.9. The van der Waals surface area contributed by atoms with Crippen molar-refractivity contribution in [2.45, 2.75) is 90.3 Å². The van der Waals surface area contributed by atoms with E-state index in [9.17, 15) is 4.79 Å². The number of nitrogens with zero attached hydrogens (tertiary/aromatic N) is 9. The molecule has 1 aliphatic carbocycles. The average molecular weight is 881 g/mol. The van der Waals surface area contributed by atoms with Crippen LogP contribution in [0.1, 0.15) is 103 Å². The first-order valence-electron chi connectivity index (χ1n) is 22.2. The smallest absolute Gasteiger partial charge is 0.376 e. The van der Waals surface area contributed by atoms with Crippen LogP contribution in [0.2, 0.25) is 0 Å². The number of aryl methyl sites for hydroxylation is 3. The number of benzene rings is 3. The summed E-state index contributed by atoms with van der Waals surface area (Å²) in [6.07, 6.45) is 6.07. The van der Waals surface area contributed by atoms with Crippen LogP contribution in [0.15, 0.2) is 70.2 Å². The largest absolute Gasteiger partial charge is 0.438 e. The van der Waals surface area contributed by atoms with Gasteiger partial charge in [0.15, 0.2) is 5.82 Å². The fourth-order valence-corrected chi connectivity index (χ4v) is 11.0. The molecule has 1 saturated heterocycles. The highest BCUT2D eigenvalue weighted by Gasteiger charge is 2.59. The maximum absolute atomic E-state index is 16.2. The molecule has 5 aromatic heterocycles. The fourth-order valence-electron chi connectivity index (χ4n) is 11.0. The number of fused-ring (bicyclic) bond motifs is 3. The third kappa shape index (κ3) is 6.19. The zero-order valence-electron chi connectivity index (χ0n) is 37.7. The third-order valence-corrected chi connectivity index (χ3v) is 14.5. The van der Waals surface area contributed by atoms with E-state index in [1.165, 1.54) is 11.8 Å². The zero-order valence-corrected chi connectivity index (χ0v) is 37.7. The maximum Gasteiger partial charge on any atom is 0.438 e. The Balaban J connectivity index is 1.06.